The molecule has 0 aliphatic rings. The van der Waals surface area contributed by atoms with Crippen molar-refractivity contribution in [3.63, 3.8) is 0 Å². The summed E-state index contributed by atoms with van der Waals surface area (Å²) in [4.78, 5) is 25.9. The molecule has 1 amide bonds. The van der Waals surface area contributed by atoms with Gasteiger partial charge in [0.05, 0.1) is 23.2 Å². The van der Waals surface area contributed by atoms with Crippen LogP contribution < -0.4 is 10.9 Å². The summed E-state index contributed by atoms with van der Waals surface area (Å²) in [5, 5.41) is 12.5. The Balaban J connectivity index is 1.46. The molecular weight excluding hydrogens is 465 g/mol. The molecule has 1 N–H and O–H groups in total. The first-order chi connectivity index (χ1) is 17.0. The molecule has 0 radical (unpaired) electrons. The van der Waals surface area contributed by atoms with E-state index >= 15 is 0 Å². The van der Waals surface area contributed by atoms with Gasteiger partial charge < -0.3 is 5.32 Å². The zero-order valence-corrected chi connectivity index (χ0v) is 19.8. The number of hydrogen-bond donors (Lipinski definition) is 1. The van der Waals surface area contributed by atoms with Gasteiger partial charge in [0.15, 0.2) is 5.16 Å². The lowest BCUT2D eigenvalue weighted by molar-refractivity contribution is -0.113. The van der Waals surface area contributed by atoms with Crippen LogP contribution in [0.15, 0.2) is 82.7 Å². The average Bonchev–Trinajstić information content (AvgIpc) is 3.31. The van der Waals surface area contributed by atoms with Gasteiger partial charge >= 0.3 is 0 Å². The van der Waals surface area contributed by atoms with E-state index in [4.69, 9.17) is 0 Å². The molecule has 35 heavy (non-hydrogen) atoms. The number of benzene rings is 3. The van der Waals surface area contributed by atoms with Crippen molar-refractivity contribution in [1.82, 2.24) is 19.2 Å². The molecule has 176 valence electrons. The van der Waals surface area contributed by atoms with E-state index in [2.05, 4.69) is 22.4 Å². The fourth-order valence-corrected chi connectivity index (χ4v) is 4.63. The normalized spacial score (nSPS) is 11.3. The van der Waals surface area contributed by atoms with Crippen molar-refractivity contribution in [2.45, 2.75) is 25.0 Å². The van der Waals surface area contributed by atoms with E-state index in [1.54, 1.807) is 28.7 Å². The molecule has 0 aliphatic carbocycles. The molecule has 9 heteroatoms. The van der Waals surface area contributed by atoms with Crippen LogP contribution in [0.4, 0.5) is 10.1 Å². The zero-order valence-electron chi connectivity index (χ0n) is 18.9. The van der Waals surface area contributed by atoms with Crippen molar-refractivity contribution >= 4 is 40.0 Å². The highest BCUT2D eigenvalue weighted by Crippen LogP contribution is 2.22. The number of nitrogens with zero attached hydrogens (tertiary/aromatic N) is 4. The molecule has 0 aliphatic heterocycles. The first kappa shape index (κ1) is 22.8. The molecule has 0 unspecified atom stereocenters. The molecule has 5 rings (SSSR count). The van der Waals surface area contributed by atoms with Crippen molar-refractivity contribution in [3.8, 4) is 0 Å². The number of para-hydroxylation sites is 1. The molecule has 3 aromatic carbocycles. The minimum atomic E-state index is -0.342. The Hall–Kier alpha value is -3.98. The molecule has 7 nitrogen and oxygen atoms in total. The highest BCUT2D eigenvalue weighted by atomic mass is 32.2. The Morgan fingerprint density at radius 2 is 1.69 bits per heavy atom. The number of halogens is 1. The van der Waals surface area contributed by atoms with Crippen molar-refractivity contribution in [3.05, 3.63) is 100 Å². The number of thioether (sulfide) groups is 1. The second-order valence-corrected chi connectivity index (χ2v) is 8.98. The van der Waals surface area contributed by atoms with Gasteiger partial charge in [-0.2, -0.15) is 0 Å². The van der Waals surface area contributed by atoms with Gasteiger partial charge in [-0.25, -0.2) is 4.39 Å². The Morgan fingerprint density at radius 1 is 0.971 bits per heavy atom. The fraction of sp³-hybridized carbons (Fsp3) is 0.154. The number of aryl methyl sites for hydroxylation is 1. The third-order valence-electron chi connectivity index (χ3n) is 5.71. The second-order valence-electron chi connectivity index (χ2n) is 8.04. The van der Waals surface area contributed by atoms with Crippen LogP contribution in [0.1, 0.15) is 18.1 Å². The Kier molecular flexibility index (Phi) is 6.33. The second kappa shape index (κ2) is 9.71. The van der Waals surface area contributed by atoms with Crippen LogP contribution in [0.25, 0.3) is 16.7 Å². The lowest BCUT2D eigenvalue weighted by Gasteiger charge is -2.11. The number of anilines is 1. The summed E-state index contributed by atoms with van der Waals surface area (Å²) in [5.41, 5.74) is 3.14. The molecule has 0 bridgehead atoms. The summed E-state index contributed by atoms with van der Waals surface area (Å²) in [6, 6.07) is 20.9. The highest BCUT2D eigenvalue weighted by molar-refractivity contribution is 7.99. The maximum Gasteiger partial charge on any atom is 0.263 e. The number of fused-ring (bicyclic) bond motifs is 3. The van der Waals surface area contributed by atoms with E-state index in [1.807, 2.05) is 36.4 Å². The van der Waals surface area contributed by atoms with Gasteiger partial charge in [0, 0.05) is 5.69 Å². The summed E-state index contributed by atoms with van der Waals surface area (Å²) >= 11 is 1.24. The number of amides is 1. The van der Waals surface area contributed by atoms with Gasteiger partial charge in [-0.3, -0.25) is 18.6 Å². The lowest BCUT2D eigenvalue weighted by Crippen LogP contribution is -2.24. The van der Waals surface area contributed by atoms with Crippen LogP contribution in [0, 0.1) is 5.82 Å². The average molecular weight is 488 g/mol. The molecule has 2 heterocycles. The van der Waals surface area contributed by atoms with Crippen molar-refractivity contribution in [2.75, 3.05) is 11.1 Å². The topological polar surface area (TPSA) is 81.3 Å². The third kappa shape index (κ3) is 4.67. The van der Waals surface area contributed by atoms with Crippen molar-refractivity contribution in [1.29, 1.82) is 0 Å². The summed E-state index contributed by atoms with van der Waals surface area (Å²) in [6.45, 7) is 2.29. The minimum absolute atomic E-state index is 0.127. The Labute approximate surface area is 204 Å². The first-order valence-corrected chi connectivity index (χ1v) is 12.1. The predicted molar refractivity (Wildman–Crippen MR) is 135 cm³/mol. The van der Waals surface area contributed by atoms with Crippen LogP contribution in [-0.4, -0.2) is 30.8 Å². The Morgan fingerprint density at radius 3 is 2.43 bits per heavy atom. The summed E-state index contributed by atoms with van der Waals surface area (Å²) in [6.07, 6.45) is 0.935. The van der Waals surface area contributed by atoms with Gasteiger partial charge in [-0.15, -0.1) is 10.2 Å². The largest absolute Gasteiger partial charge is 0.325 e. The van der Waals surface area contributed by atoms with Crippen LogP contribution in [0.5, 0.6) is 0 Å². The molecule has 5 aromatic rings. The predicted octanol–water partition coefficient (Wildman–Crippen LogP) is 4.52. The first-order valence-electron chi connectivity index (χ1n) is 11.2. The standard InChI is InChI=1S/C26H22FN5O2S/c1-2-17-9-13-20(14-10-17)28-23(33)16-35-26-30-29-25-31(15-18-7-11-19(27)12-8-18)24(34)21-5-3-4-6-22(21)32(25)26/h3-14H,2,15-16H2,1H3,(H,28,33). The number of carbonyl (C=O) groups excluding carboxylic acids is 1. The molecular formula is C26H22FN5O2S. The number of rotatable bonds is 7. The van der Waals surface area contributed by atoms with E-state index in [9.17, 15) is 14.0 Å². The van der Waals surface area contributed by atoms with Gasteiger partial charge in [0.1, 0.15) is 5.82 Å². The quantitative estimate of drug-likeness (QED) is 0.341. The Bertz CT molecular complexity index is 1580. The summed E-state index contributed by atoms with van der Waals surface area (Å²) in [7, 11) is 0. The molecule has 0 atom stereocenters. The highest BCUT2D eigenvalue weighted by Gasteiger charge is 2.18. The van der Waals surface area contributed by atoms with Gasteiger partial charge in [0.25, 0.3) is 5.56 Å². The lowest BCUT2D eigenvalue weighted by atomic mass is 10.1. The van der Waals surface area contributed by atoms with Crippen LogP contribution in [0.3, 0.4) is 0 Å². The SMILES string of the molecule is CCc1ccc(NC(=O)CSc2nnc3n(Cc4ccc(F)cc4)c(=O)c4ccccc4n23)cc1. The number of aromatic nitrogens is 4. The maximum absolute atomic E-state index is 13.4. The van der Waals surface area contributed by atoms with Gasteiger partial charge in [0.2, 0.25) is 11.7 Å². The fourth-order valence-electron chi connectivity index (χ4n) is 3.89. The van der Waals surface area contributed by atoms with E-state index in [1.165, 1.54) is 34.0 Å². The number of hydrogen-bond acceptors (Lipinski definition) is 5. The van der Waals surface area contributed by atoms with Crippen LogP contribution >= 0.6 is 11.8 Å². The smallest absolute Gasteiger partial charge is 0.263 e. The number of nitrogens with one attached hydrogen (secondary N) is 1. The summed E-state index contributed by atoms with van der Waals surface area (Å²) < 4.78 is 16.7. The minimum Gasteiger partial charge on any atom is -0.325 e. The van der Waals surface area contributed by atoms with Crippen molar-refractivity contribution in [2.24, 2.45) is 0 Å². The van der Waals surface area contributed by atoms with Gasteiger partial charge in [-0.05, 0) is 53.9 Å². The molecule has 0 fully saturated rings. The third-order valence-corrected chi connectivity index (χ3v) is 6.64. The van der Waals surface area contributed by atoms with Crippen LogP contribution in [0.2, 0.25) is 0 Å². The van der Waals surface area contributed by atoms with Crippen LogP contribution in [-0.2, 0) is 17.8 Å². The number of carbonyl (C=O) groups is 1. The summed E-state index contributed by atoms with van der Waals surface area (Å²) in [5.74, 6) is -0.0246. The van der Waals surface area contributed by atoms with E-state index < -0.39 is 0 Å². The van der Waals surface area contributed by atoms with E-state index in [0.717, 1.165) is 17.7 Å². The molecule has 0 saturated carbocycles. The maximum atomic E-state index is 13.4. The van der Waals surface area contributed by atoms with Crippen molar-refractivity contribution < 1.29 is 9.18 Å². The monoisotopic (exact) mass is 487 g/mol. The van der Waals surface area contributed by atoms with E-state index in [0.29, 0.717) is 21.8 Å². The molecule has 2 aromatic heterocycles. The zero-order chi connectivity index (χ0) is 24.4. The molecule has 0 spiro atoms. The van der Waals surface area contributed by atoms with E-state index in [-0.39, 0.29) is 29.6 Å². The van der Waals surface area contributed by atoms with Gasteiger partial charge in [-0.1, -0.05) is 55.1 Å². The molecule has 0 saturated heterocycles.